The molecule has 140 valence electrons. The van der Waals surface area contributed by atoms with Gasteiger partial charge in [-0.2, -0.15) is 0 Å². The van der Waals surface area contributed by atoms with Crippen LogP contribution in [0.15, 0.2) is 29.1 Å². The number of aromatic nitrogens is 2. The van der Waals surface area contributed by atoms with Gasteiger partial charge in [0.25, 0.3) is 5.56 Å². The molecule has 2 heterocycles. The number of benzene rings is 1. The summed E-state index contributed by atoms with van der Waals surface area (Å²) in [5.41, 5.74) is 2.68. The number of anilines is 2. The van der Waals surface area contributed by atoms with Crippen LogP contribution in [0.1, 0.15) is 39.0 Å². The first-order chi connectivity index (χ1) is 12.5. The van der Waals surface area contributed by atoms with Crippen LogP contribution in [0, 0.1) is 6.92 Å². The third kappa shape index (κ3) is 3.33. The molecule has 6 nitrogen and oxygen atoms in total. The first-order valence-electron chi connectivity index (χ1n) is 9.31. The van der Waals surface area contributed by atoms with Crippen LogP contribution in [0.4, 0.5) is 11.6 Å². The lowest BCUT2D eigenvalue weighted by atomic mass is 10.2. The van der Waals surface area contributed by atoms with Gasteiger partial charge in [-0.1, -0.05) is 6.92 Å². The summed E-state index contributed by atoms with van der Waals surface area (Å²) in [5, 5.41) is 0. The second-order valence-electron chi connectivity index (χ2n) is 6.88. The zero-order valence-corrected chi connectivity index (χ0v) is 16.3. The van der Waals surface area contributed by atoms with E-state index in [0.29, 0.717) is 38.4 Å². The minimum atomic E-state index is 0.0660. The van der Waals surface area contributed by atoms with Crippen molar-refractivity contribution in [3.8, 4) is 5.75 Å². The number of rotatable bonds is 5. The molecular formula is C20H28N4O2. The summed E-state index contributed by atoms with van der Waals surface area (Å²) >= 11 is 0. The Kier molecular flexibility index (Phi) is 5.32. The minimum absolute atomic E-state index is 0.0660. The minimum Gasteiger partial charge on any atom is -0.494 e. The Morgan fingerprint density at radius 2 is 1.85 bits per heavy atom. The van der Waals surface area contributed by atoms with Crippen LogP contribution >= 0.6 is 0 Å². The van der Waals surface area contributed by atoms with Crippen LogP contribution < -0.4 is 15.2 Å². The van der Waals surface area contributed by atoms with Crippen molar-refractivity contribution in [2.24, 2.45) is 0 Å². The smallest absolute Gasteiger partial charge is 0.259 e. The lowest BCUT2D eigenvalue weighted by molar-refractivity contribution is 0.156. The van der Waals surface area contributed by atoms with Crippen LogP contribution in [0.2, 0.25) is 0 Å². The summed E-state index contributed by atoms with van der Waals surface area (Å²) in [6.07, 6.45) is 0.697. The maximum absolute atomic E-state index is 13.0. The quantitative estimate of drug-likeness (QED) is 0.823. The molecule has 0 aliphatic carbocycles. The molecule has 0 atom stereocenters. The van der Waals surface area contributed by atoms with E-state index >= 15 is 0 Å². The highest BCUT2D eigenvalue weighted by atomic mass is 16.5. The van der Waals surface area contributed by atoms with E-state index in [1.807, 2.05) is 45.0 Å². The number of nitrogens with zero attached hydrogens (tertiary/aromatic N) is 4. The second-order valence-corrected chi connectivity index (χ2v) is 6.88. The molecule has 0 unspecified atom stereocenters. The summed E-state index contributed by atoms with van der Waals surface area (Å²) in [6, 6.07) is 8.29. The van der Waals surface area contributed by atoms with E-state index in [1.54, 1.807) is 4.57 Å². The molecule has 0 amide bonds. The molecule has 1 aromatic carbocycles. The molecule has 2 aromatic rings. The Morgan fingerprint density at radius 1 is 1.15 bits per heavy atom. The number of hydrogen-bond donors (Lipinski definition) is 0. The summed E-state index contributed by atoms with van der Waals surface area (Å²) in [7, 11) is 0. The van der Waals surface area contributed by atoms with E-state index in [9.17, 15) is 4.79 Å². The molecular weight excluding hydrogens is 328 g/mol. The third-order valence-electron chi connectivity index (χ3n) is 4.88. The topological polar surface area (TPSA) is 50.6 Å². The number of fused-ring (bicyclic) bond motifs is 1. The van der Waals surface area contributed by atoms with Gasteiger partial charge in [-0.3, -0.25) is 19.2 Å². The molecule has 3 rings (SSSR count). The fourth-order valence-electron chi connectivity index (χ4n) is 3.31. The number of hydrogen-bond acceptors (Lipinski definition) is 5. The van der Waals surface area contributed by atoms with E-state index in [1.165, 1.54) is 0 Å². The molecule has 0 bridgehead atoms. The van der Waals surface area contributed by atoms with Gasteiger partial charge in [0.15, 0.2) is 0 Å². The van der Waals surface area contributed by atoms with Crippen molar-refractivity contribution >= 4 is 11.6 Å². The lowest BCUT2D eigenvalue weighted by Crippen LogP contribution is -2.50. The van der Waals surface area contributed by atoms with Gasteiger partial charge in [-0.25, -0.2) is 4.98 Å². The van der Waals surface area contributed by atoms with Gasteiger partial charge in [0, 0.05) is 23.0 Å². The standard InChI is InChI=1S/C20H28N4O2/c1-6-18-15(5)21-20-23(16-8-10-17(11-9-16)26-7-2)12-22(14(3)4)13-24(20)19(18)25/h8-11,14H,6-7,12-13H2,1-5H3. The third-order valence-corrected chi connectivity index (χ3v) is 4.88. The van der Waals surface area contributed by atoms with E-state index in [0.717, 1.165) is 22.7 Å². The maximum atomic E-state index is 13.0. The van der Waals surface area contributed by atoms with Crippen molar-refractivity contribution in [3.05, 3.63) is 45.9 Å². The summed E-state index contributed by atoms with van der Waals surface area (Å²) < 4.78 is 7.34. The highest BCUT2D eigenvalue weighted by Gasteiger charge is 2.28. The van der Waals surface area contributed by atoms with Gasteiger partial charge in [0.2, 0.25) is 5.95 Å². The van der Waals surface area contributed by atoms with Crippen LogP contribution in [0.25, 0.3) is 0 Å². The molecule has 1 aliphatic rings. The van der Waals surface area contributed by atoms with Gasteiger partial charge in [-0.15, -0.1) is 0 Å². The lowest BCUT2D eigenvalue weighted by Gasteiger charge is -2.40. The first kappa shape index (κ1) is 18.5. The second kappa shape index (κ2) is 7.50. The zero-order valence-electron chi connectivity index (χ0n) is 16.3. The van der Waals surface area contributed by atoms with E-state index < -0.39 is 0 Å². The normalized spacial score (nSPS) is 14.6. The molecule has 0 radical (unpaired) electrons. The van der Waals surface area contributed by atoms with Gasteiger partial charge < -0.3 is 4.74 Å². The average Bonchev–Trinajstić information content (AvgIpc) is 2.62. The van der Waals surface area contributed by atoms with Gasteiger partial charge in [0.1, 0.15) is 5.75 Å². The fraction of sp³-hybridized carbons (Fsp3) is 0.500. The zero-order chi connectivity index (χ0) is 18.8. The van der Waals surface area contributed by atoms with E-state index in [2.05, 4.69) is 23.6 Å². The molecule has 6 heteroatoms. The number of aryl methyl sites for hydroxylation is 1. The van der Waals surface area contributed by atoms with Crippen molar-refractivity contribution in [1.29, 1.82) is 0 Å². The Morgan fingerprint density at radius 3 is 2.42 bits per heavy atom. The Labute approximate surface area is 155 Å². The number of ether oxygens (including phenoxy) is 1. The molecule has 0 saturated carbocycles. The van der Waals surface area contributed by atoms with Crippen LogP contribution in [0.5, 0.6) is 5.75 Å². The Hall–Kier alpha value is -2.34. The molecule has 0 N–H and O–H groups in total. The van der Waals surface area contributed by atoms with Crippen LogP contribution in [-0.2, 0) is 13.1 Å². The summed E-state index contributed by atoms with van der Waals surface area (Å²) in [4.78, 5) is 22.2. The summed E-state index contributed by atoms with van der Waals surface area (Å²) in [5.74, 6) is 1.56. The Balaban J connectivity index is 2.09. The van der Waals surface area contributed by atoms with Crippen molar-refractivity contribution in [3.63, 3.8) is 0 Å². The van der Waals surface area contributed by atoms with Gasteiger partial charge in [-0.05, 0) is 58.4 Å². The summed E-state index contributed by atoms with van der Waals surface area (Å²) in [6.45, 7) is 12.1. The largest absolute Gasteiger partial charge is 0.494 e. The predicted molar refractivity (Wildman–Crippen MR) is 104 cm³/mol. The molecule has 26 heavy (non-hydrogen) atoms. The Bertz CT molecular complexity index is 827. The SMILES string of the molecule is CCOc1ccc(N2CN(C(C)C)Cn3c2nc(C)c(CC)c3=O)cc1. The van der Waals surface area contributed by atoms with Crippen LogP contribution in [0.3, 0.4) is 0 Å². The van der Waals surface area contributed by atoms with Crippen LogP contribution in [-0.4, -0.2) is 33.8 Å². The molecule has 0 saturated heterocycles. The molecule has 1 aromatic heterocycles. The molecule has 0 fully saturated rings. The molecule has 1 aliphatic heterocycles. The van der Waals surface area contributed by atoms with Crippen molar-refractivity contribution in [2.75, 3.05) is 18.2 Å². The van der Waals surface area contributed by atoms with Crippen molar-refractivity contribution < 1.29 is 4.74 Å². The van der Waals surface area contributed by atoms with Gasteiger partial charge in [0.05, 0.1) is 19.9 Å². The molecule has 0 spiro atoms. The highest BCUT2D eigenvalue weighted by molar-refractivity contribution is 5.59. The van der Waals surface area contributed by atoms with E-state index in [-0.39, 0.29) is 5.56 Å². The van der Waals surface area contributed by atoms with Crippen molar-refractivity contribution in [1.82, 2.24) is 14.5 Å². The maximum Gasteiger partial charge on any atom is 0.259 e. The van der Waals surface area contributed by atoms with Crippen molar-refractivity contribution in [2.45, 2.75) is 53.8 Å². The fourth-order valence-corrected chi connectivity index (χ4v) is 3.31. The monoisotopic (exact) mass is 356 g/mol. The van der Waals surface area contributed by atoms with Gasteiger partial charge >= 0.3 is 0 Å². The average molecular weight is 356 g/mol. The van der Waals surface area contributed by atoms with E-state index in [4.69, 9.17) is 9.72 Å². The predicted octanol–water partition coefficient (Wildman–Crippen LogP) is 3.29. The first-order valence-corrected chi connectivity index (χ1v) is 9.31. The highest BCUT2D eigenvalue weighted by Crippen LogP contribution is 2.29.